The first kappa shape index (κ1) is 12.6. The number of hydrogen-bond acceptors (Lipinski definition) is 1. The van der Waals surface area contributed by atoms with Gasteiger partial charge in [-0.05, 0) is 19.1 Å². The number of halogens is 2. The van der Waals surface area contributed by atoms with Gasteiger partial charge < -0.3 is 10.0 Å². The van der Waals surface area contributed by atoms with E-state index in [-0.39, 0.29) is 0 Å². The third kappa shape index (κ3) is 3.56. The van der Waals surface area contributed by atoms with Crippen LogP contribution in [0.4, 0.5) is 5.69 Å². The molecule has 15 heavy (non-hydrogen) atoms. The lowest BCUT2D eigenvalue weighted by Gasteiger charge is -2.18. The molecule has 0 aliphatic carbocycles. The summed E-state index contributed by atoms with van der Waals surface area (Å²) in [5.74, 6) is 1.51. The Kier molecular flexibility index (Phi) is 5.23. The molecule has 0 amide bonds. The van der Waals surface area contributed by atoms with E-state index in [1.54, 1.807) is 12.1 Å². The normalized spacial score (nSPS) is 10.9. The Morgan fingerprint density at radius 2 is 1.80 bits per heavy atom. The molecule has 0 fully saturated rings. The van der Waals surface area contributed by atoms with Crippen molar-refractivity contribution in [3.05, 3.63) is 23.8 Å². The molecule has 84 valence electrons. The van der Waals surface area contributed by atoms with Gasteiger partial charge in [-0.3, -0.25) is 0 Å². The van der Waals surface area contributed by atoms with Crippen LogP contribution < -0.4 is 4.90 Å². The largest absolute Gasteiger partial charge is 0.508 e. The number of rotatable bonds is 5. The molecule has 0 aliphatic heterocycles. The number of aryl methyl sites for hydroxylation is 1. The zero-order valence-electron chi connectivity index (χ0n) is 8.76. The zero-order chi connectivity index (χ0) is 11.3. The molecule has 2 N–H and O–H groups in total. The molecule has 0 aliphatic rings. The lowest BCUT2D eigenvalue weighted by molar-refractivity contribution is -0.827. The van der Waals surface area contributed by atoms with Crippen LogP contribution in [0.2, 0.25) is 0 Å². The molecule has 0 bridgehead atoms. The van der Waals surface area contributed by atoms with Crippen molar-refractivity contribution >= 4 is 28.9 Å². The molecule has 0 radical (unpaired) electrons. The molecule has 1 aromatic carbocycles. The van der Waals surface area contributed by atoms with Gasteiger partial charge in [0.25, 0.3) is 0 Å². The van der Waals surface area contributed by atoms with E-state index in [4.69, 9.17) is 23.2 Å². The molecule has 1 rings (SSSR count). The standard InChI is InChI=1S/C11H15Cl2NO/c1-9-8-10(15)2-3-11(9)14(6-4-12)7-5-13/h2-3,8,15H,4-7H2,1H3/p+1. The van der Waals surface area contributed by atoms with Crippen LogP contribution in [0.5, 0.6) is 5.75 Å². The average molecular weight is 249 g/mol. The van der Waals surface area contributed by atoms with Gasteiger partial charge in [-0.1, -0.05) is 0 Å². The summed E-state index contributed by atoms with van der Waals surface area (Å²) in [5, 5.41) is 9.32. The van der Waals surface area contributed by atoms with Gasteiger partial charge in [0, 0.05) is 11.6 Å². The van der Waals surface area contributed by atoms with Gasteiger partial charge in [0.1, 0.15) is 11.4 Å². The van der Waals surface area contributed by atoms with E-state index in [0.29, 0.717) is 17.5 Å². The third-order valence-electron chi connectivity index (χ3n) is 2.38. The number of alkyl halides is 2. The van der Waals surface area contributed by atoms with Crippen LogP contribution in [0.25, 0.3) is 0 Å². The fourth-order valence-corrected chi connectivity index (χ4v) is 2.12. The Morgan fingerprint density at radius 1 is 1.20 bits per heavy atom. The fourth-order valence-electron chi connectivity index (χ4n) is 1.67. The van der Waals surface area contributed by atoms with Gasteiger partial charge >= 0.3 is 0 Å². The van der Waals surface area contributed by atoms with Crippen LogP contribution >= 0.6 is 23.2 Å². The first-order chi connectivity index (χ1) is 7.19. The van der Waals surface area contributed by atoms with Crippen LogP contribution in [0.1, 0.15) is 5.56 Å². The van der Waals surface area contributed by atoms with Crippen molar-refractivity contribution in [2.45, 2.75) is 6.92 Å². The first-order valence-corrected chi connectivity index (χ1v) is 6.02. The van der Waals surface area contributed by atoms with Crippen molar-refractivity contribution in [1.29, 1.82) is 0 Å². The summed E-state index contributed by atoms with van der Waals surface area (Å²) in [4.78, 5) is 1.26. The minimum absolute atomic E-state index is 0.298. The van der Waals surface area contributed by atoms with E-state index in [1.165, 1.54) is 4.90 Å². The van der Waals surface area contributed by atoms with Gasteiger partial charge in [0.2, 0.25) is 0 Å². The van der Waals surface area contributed by atoms with Crippen molar-refractivity contribution in [3.63, 3.8) is 0 Å². The summed E-state index contributed by atoms with van der Waals surface area (Å²) in [7, 11) is 0. The molecule has 0 aromatic heterocycles. The van der Waals surface area contributed by atoms with Crippen molar-refractivity contribution in [1.82, 2.24) is 0 Å². The predicted molar refractivity (Wildman–Crippen MR) is 64.6 cm³/mol. The van der Waals surface area contributed by atoms with Crippen LogP contribution in [0.3, 0.4) is 0 Å². The summed E-state index contributed by atoms with van der Waals surface area (Å²) >= 11 is 11.5. The number of phenols is 1. The molecule has 0 spiro atoms. The number of quaternary nitrogens is 1. The van der Waals surface area contributed by atoms with Crippen molar-refractivity contribution in [3.8, 4) is 5.75 Å². The Hall–Kier alpha value is -0.440. The lowest BCUT2D eigenvalue weighted by Crippen LogP contribution is -3.08. The van der Waals surface area contributed by atoms with Gasteiger partial charge in [-0.25, -0.2) is 0 Å². The Labute approximate surface area is 100 Å². The number of phenolic OH excluding ortho intramolecular Hbond substituents is 1. The van der Waals surface area contributed by atoms with E-state index in [2.05, 4.69) is 0 Å². The molecule has 0 heterocycles. The number of aromatic hydroxyl groups is 1. The highest BCUT2D eigenvalue weighted by Gasteiger charge is 2.13. The number of hydrogen-bond donors (Lipinski definition) is 2. The summed E-state index contributed by atoms with van der Waals surface area (Å²) in [6, 6.07) is 5.39. The molecule has 4 heteroatoms. The van der Waals surface area contributed by atoms with Crippen LogP contribution in [-0.2, 0) is 0 Å². The number of nitrogens with one attached hydrogen (secondary N) is 1. The topological polar surface area (TPSA) is 24.7 Å². The molecule has 0 atom stereocenters. The summed E-state index contributed by atoms with van der Waals surface area (Å²) in [6.07, 6.45) is 0. The molecular formula is C11H16Cl2NO+. The Morgan fingerprint density at radius 3 is 2.27 bits per heavy atom. The van der Waals surface area contributed by atoms with Crippen molar-refractivity contribution in [2.75, 3.05) is 24.8 Å². The minimum atomic E-state index is 0.298. The van der Waals surface area contributed by atoms with Crippen molar-refractivity contribution in [2.24, 2.45) is 0 Å². The van der Waals surface area contributed by atoms with Crippen LogP contribution in [-0.4, -0.2) is 30.0 Å². The number of benzene rings is 1. The van der Waals surface area contributed by atoms with E-state index < -0.39 is 0 Å². The summed E-state index contributed by atoms with van der Waals surface area (Å²) in [6.45, 7) is 3.68. The van der Waals surface area contributed by atoms with Gasteiger partial charge in [0.15, 0.2) is 0 Å². The van der Waals surface area contributed by atoms with E-state index in [0.717, 1.165) is 24.3 Å². The third-order valence-corrected chi connectivity index (χ3v) is 2.76. The van der Waals surface area contributed by atoms with Gasteiger partial charge in [-0.2, -0.15) is 0 Å². The molecule has 1 aromatic rings. The molecule has 0 unspecified atom stereocenters. The minimum Gasteiger partial charge on any atom is -0.508 e. The maximum absolute atomic E-state index is 9.32. The smallest absolute Gasteiger partial charge is 0.134 e. The SMILES string of the molecule is Cc1cc(O)ccc1[NH+](CCCl)CCCl. The highest BCUT2D eigenvalue weighted by atomic mass is 35.5. The second-order valence-corrected chi connectivity index (χ2v) is 4.24. The monoisotopic (exact) mass is 248 g/mol. The van der Waals surface area contributed by atoms with Crippen LogP contribution in [0, 0.1) is 6.92 Å². The second-order valence-electron chi connectivity index (χ2n) is 3.48. The zero-order valence-corrected chi connectivity index (χ0v) is 10.3. The molecule has 0 saturated carbocycles. The van der Waals surface area contributed by atoms with E-state index in [9.17, 15) is 5.11 Å². The highest BCUT2D eigenvalue weighted by molar-refractivity contribution is 6.18. The summed E-state index contributed by atoms with van der Waals surface area (Å²) in [5.41, 5.74) is 2.23. The first-order valence-electron chi connectivity index (χ1n) is 4.95. The van der Waals surface area contributed by atoms with Gasteiger partial charge in [-0.15, -0.1) is 23.2 Å². The van der Waals surface area contributed by atoms with Gasteiger partial charge in [0.05, 0.1) is 24.8 Å². The maximum atomic E-state index is 9.32. The maximum Gasteiger partial charge on any atom is 0.134 e. The molecule has 0 saturated heterocycles. The second kappa shape index (κ2) is 6.21. The fraction of sp³-hybridized carbons (Fsp3) is 0.455. The quantitative estimate of drug-likeness (QED) is 0.602. The van der Waals surface area contributed by atoms with E-state index in [1.807, 2.05) is 13.0 Å². The molecular weight excluding hydrogens is 233 g/mol. The predicted octanol–water partition coefficient (Wildman–Crippen LogP) is 1.69. The van der Waals surface area contributed by atoms with Crippen LogP contribution in [0.15, 0.2) is 18.2 Å². The lowest BCUT2D eigenvalue weighted by atomic mass is 10.1. The highest BCUT2D eigenvalue weighted by Crippen LogP contribution is 2.16. The Bertz CT molecular complexity index is 311. The van der Waals surface area contributed by atoms with E-state index >= 15 is 0 Å². The Balaban J connectivity index is 2.89. The summed E-state index contributed by atoms with van der Waals surface area (Å²) < 4.78 is 0. The van der Waals surface area contributed by atoms with Crippen molar-refractivity contribution < 1.29 is 10.0 Å². The molecule has 2 nitrogen and oxygen atoms in total. The average Bonchev–Trinajstić information content (AvgIpc) is 2.17.